The van der Waals surface area contributed by atoms with E-state index >= 15 is 0 Å². The summed E-state index contributed by atoms with van der Waals surface area (Å²) in [4.78, 5) is 14.3. The van der Waals surface area contributed by atoms with Gasteiger partial charge >= 0.3 is 0 Å². The maximum absolute atomic E-state index is 4.66. The number of aromatic nitrogens is 5. The fourth-order valence-electron chi connectivity index (χ4n) is 2.96. The first kappa shape index (κ1) is 15.5. The van der Waals surface area contributed by atoms with Gasteiger partial charge in [-0.15, -0.1) is 0 Å². The van der Waals surface area contributed by atoms with Crippen LogP contribution in [0.1, 0.15) is 24.4 Å². The first-order valence-corrected chi connectivity index (χ1v) is 8.29. The molecule has 1 N–H and O–H groups in total. The molecular weight excluding hydrogens is 312 g/mol. The summed E-state index contributed by atoms with van der Waals surface area (Å²) < 4.78 is 1.76. The molecule has 6 nitrogen and oxygen atoms in total. The molecule has 0 aliphatic heterocycles. The predicted octanol–water partition coefficient (Wildman–Crippen LogP) is 3.34. The third-order valence-corrected chi connectivity index (χ3v) is 4.56. The number of fused-ring (bicyclic) bond motifs is 1. The van der Waals surface area contributed by atoms with Gasteiger partial charge in [0.25, 0.3) is 0 Å². The zero-order valence-electron chi connectivity index (χ0n) is 14.3. The summed E-state index contributed by atoms with van der Waals surface area (Å²) in [6.45, 7) is 2.97. The van der Waals surface area contributed by atoms with Crippen molar-refractivity contribution >= 4 is 11.0 Å². The summed E-state index contributed by atoms with van der Waals surface area (Å²) in [5, 5.41) is 4.16. The molecule has 4 aromatic rings. The lowest BCUT2D eigenvalue weighted by Crippen LogP contribution is -2.22. The highest BCUT2D eigenvalue weighted by Crippen LogP contribution is 2.22. The van der Waals surface area contributed by atoms with Gasteiger partial charge in [-0.25, -0.2) is 14.6 Å². The quantitative estimate of drug-likeness (QED) is 0.609. The molecule has 0 bridgehead atoms. The molecule has 126 valence electrons. The highest BCUT2D eigenvalue weighted by atomic mass is 15.3. The number of para-hydroxylation sites is 2. The van der Waals surface area contributed by atoms with Gasteiger partial charge in [-0.1, -0.05) is 24.3 Å². The van der Waals surface area contributed by atoms with Crippen molar-refractivity contribution in [3.05, 3.63) is 72.6 Å². The second-order valence-electron chi connectivity index (χ2n) is 6.22. The maximum atomic E-state index is 4.66. The third-order valence-electron chi connectivity index (χ3n) is 4.56. The van der Waals surface area contributed by atoms with Crippen LogP contribution in [-0.2, 0) is 6.54 Å². The van der Waals surface area contributed by atoms with Crippen LogP contribution >= 0.6 is 0 Å². The Morgan fingerprint density at radius 3 is 2.64 bits per heavy atom. The zero-order valence-corrected chi connectivity index (χ0v) is 14.3. The zero-order chi connectivity index (χ0) is 17.2. The van der Waals surface area contributed by atoms with Crippen molar-refractivity contribution in [2.45, 2.75) is 19.5 Å². The second kappa shape index (κ2) is 6.49. The van der Waals surface area contributed by atoms with Crippen molar-refractivity contribution in [2.24, 2.45) is 0 Å². The van der Waals surface area contributed by atoms with Gasteiger partial charge in [-0.2, -0.15) is 5.10 Å². The van der Waals surface area contributed by atoms with E-state index in [9.17, 15) is 0 Å². The van der Waals surface area contributed by atoms with Crippen LogP contribution in [0.15, 0.2) is 61.2 Å². The maximum Gasteiger partial charge on any atom is 0.138 e. The fourth-order valence-corrected chi connectivity index (χ4v) is 2.96. The van der Waals surface area contributed by atoms with E-state index < -0.39 is 0 Å². The monoisotopic (exact) mass is 332 g/mol. The Kier molecular flexibility index (Phi) is 4.03. The van der Waals surface area contributed by atoms with E-state index in [0.717, 1.165) is 29.1 Å². The minimum absolute atomic E-state index is 0.276. The summed E-state index contributed by atoms with van der Waals surface area (Å²) in [5.74, 6) is 0.981. The smallest absolute Gasteiger partial charge is 0.138 e. The first-order chi connectivity index (χ1) is 12.2. The lowest BCUT2D eigenvalue weighted by Gasteiger charge is -2.24. The average Bonchev–Trinajstić information content (AvgIpc) is 3.30. The van der Waals surface area contributed by atoms with E-state index in [0.29, 0.717) is 0 Å². The van der Waals surface area contributed by atoms with E-state index in [-0.39, 0.29) is 6.04 Å². The highest BCUT2D eigenvalue weighted by Gasteiger charge is 2.14. The highest BCUT2D eigenvalue weighted by molar-refractivity contribution is 5.74. The van der Waals surface area contributed by atoms with Crippen LogP contribution in [0.4, 0.5) is 0 Å². The Morgan fingerprint density at radius 1 is 1.12 bits per heavy atom. The van der Waals surface area contributed by atoms with Crippen molar-refractivity contribution in [3.63, 3.8) is 0 Å². The summed E-state index contributed by atoms with van der Waals surface area (Å²) in [6, 6.07) is 16.8. The lowest BCUT2D eigenvalue weighted by atomic mass is 10.1. The van der Waals surface area contributed by atoms with Crippen LogP contribution in [0.25, 0.3) is 16.7 Å². The van der Waals surface area contributed by atoms with Gasteiger partial charge in [0.2, 0.25) is 0 Å². The predicted molar refractivity (Wildman–Crippen MR) is 97.3 cm³/mol. The van der Waals surface area contributed by atoms with Crippen molar-refractivity contribution in [1.82, 2.24) is 29.6 Å². The van der Waals surface area contributed by atoms with Gasteiger partial charge in [0.05, 0.1) is 23.3 Å². The molecule has 1 atom stereocenters. The summed E-state index contributed by atoms with van der Waals surface area (Å²) >= 11 is 0. The van der Waals surface area contributed by atoms with E-state index in [1.807, 2.05) is 18.2 Å². The number of hydrogen-bond acceptors (Lipinski definition) is 4. The van der Waals surface area contributed by atoms with Crippen LogP contribution in [0.2, 0.25) is 0 Å². The normalized spacial score (nSPS) is 12.8. The topological polar surface area (TPSA) is 62.6 Å². The van der Waals surface area contributed by atoms with Gasteiger partial charge in [0, 0.05) is 6.04 Å². The molecule has 0 saturated heterocycles. The molecule has 2 heterocycles. The molecule has 0 amide bonds. The molecule has 6 heteroatoms. The standard InChI is InChI=1S/C19H20N6/c1-14(15-7-9-16(10-8-15)25-13-20-12-21-25)24(2)11-19-22-17-5-3-4-6-18(17)23-19/h3-10,12-14H,11H2,1-2H3,(H,22,23)/t14-/m1/s1. The molecule has 0 unspecified atom stereocenters. The molecular formula is C19H20N6. The van der Waals surface area contributed by atoms with E-state index in [1.165, 1.54) is 11.9 Å². The van der Waals surface area contributed by atoms with Gasteiger partial charge in [0.15, 0.2) is 0 Å². The molecule has 0 radical (unpaired) electrons. The van der Waals surface area contributed by atoms with Gasteiger partial charge in [-0.3, -0.25) is 4.90 Å². The van der Waals surface area contributed by atoms with Crippen molar-refractivity contribution in [3.8, 4) is 5.69 Å². The Bertz CT molecular complexity index is 922. The van der Waals surface area contributed by atoms with Gasteiger partial charge in [0.1, 0.15) is 18.5 Å². The lowest BCUT2D eigenvalue weighted by molar-refractivity contribution is 0.248. The largest absolute Gasteiger partial charge is 0.341 e. The molecule has 25 heavy (non-hydrogen) atoms. The number of rotatable bonds is 5. The van der Waals surface area contributed by atoms with E-state index in [1.54, 1.807) is 11.0 Å². The number of nitrogens with one attached hydrogen (secondary N) is 1. The number of H-pyrrole nitrogens is 1. The van der Waals surface area contributed by atoms with Crippen LogP contribution in [-0.4, -0.2) is 36.7 Å². The number of benzene rings is 2. The number of imidazole rings is 1. The molecule has 2 aromatic heterocycles. The Labute approximate surface area is 146 Å². The third kappa shape index (κ3) is 3.16. The number of nitrogens with zero attached hydrogens (tertiary/aromatic N) is 5. The summed E-state index contributed by atoms with van der Waals surface area (Å²) in [5.41, 5.74) is 4.35. The molecule has 0 spiro atoms. The second-order valence-corrected chi connectivity index (χ2v) is 6.22. The Balaban J connectivity index is 1.48. The summed E-state index contributed by atoms with van der Waals surface area (Å²) in [7, 11) is 2.11. The van der Waals surface area contributed by atoms with Gasteiger partial charge < -0.3 is 4.98 Å². The minimum Gasteiger partial charge on any atom is -0.341 e. The molecule has 0 saturated carbocycles. The molecule has 0 aliphatic carbocycles. The SMILES string of the molecule is C[C@H](c1ccc(-n2cncn2)cc1)N(C)Cc1nc2ccccc2[nH]1. The first-order valence-electron chi connectivity index (χ1n) is 8.29. The molecule has 4 rings (SSSR count). The van der Waals surface area contributed by atoms with Crippen LogP contribution < -0.4 is 0 Å². The van der Waals surface area contributed by atoms with Crippen LogP contribution in [0.5, 0.6) is 0 Å². The van der Waals surface area contributed by atoms with Crippen molar-refractivity contribution in [2.75, 3.05) is 7.05 Å². The molecule has 2 aromatic carbocycles. The van der Waals surface area contributed by atoms with Crippen LogP contribution in [0.3, 0.4) is 0 Å². The molecule has 0 aliphatic rings. The average molecular weight is 332 g/mol. The number of hydrogen-bond donors (Lipinski definition) is 1. The molecule has 0 fully saturated rings. The van der Waals surface area contributed by atoms with Crippen molar-refractivity contribution < 1.29 is 0 Å². The van der Waals surface area contributed by atoms with Crippen LogP contribution in [0, 0.1) is 0 Å². The minimum atomic E-state index is 0.276. The fraction of sp³-hybridized carbons (Fsp3) is 0.211. The van der Waals surface area contributed by atoms with E-state index in [4.69, 9.17) is 0 Å². The number of aromatic amines is 1. The van der Waals surface area contributed by atoms with Crippen molar-refractivity contribution in [1.29, 1.82) is 0 Å². The Morgan fingerprint density at radius 2 is 1.92 bits per heavy atom. The van der Waals surface area contributed by atoms with E-state index in [2.05, 4.69) is 69.3 Å². The summed E-state index contributed by atoms with van der Waals surface area (Å²) in [6.07, 6.45) is 3.24. The Hall–Kier alpha value is -2.99. The van der Waals surface area contributed by atoms with Gasteiger partial charge in [-0.05, 0) is 43.8 Å².